The Morgan fingerprint density at radius 3 is 3.05 bits per heavy atom. The second-order valence-electron chi connectivity index (χ2n) is 5.55. The first-order valence-electron chi connectivity index (χ1n) is 7.62. The molecule has 0 spiro atoms. The highest BCUT2D eigenvalue weighted by Gasteiger charge is 2.33. The molecule has 0 aliphatic carbocycles. The van der Waals surface area contributed by atoms with Gasteiger partial charge in [-0.2, -0.15) is 4.98 Å². The Bertz CT molecular complexity index is 418. The molecule has 0 bridgehead atoms. The molecule has 112 valence electrons. The van der Waals surface area contributed by atoms with Gasteiger partial charge in [-0.15, -0.1) is 0 Å². The molecule has 0 amide bonds. The molecule has 3 atom stereocenters. The highest BCUT2D eigenvalue weighted by Crippen LogP contribution is 2.25. The van der Waals surface area contributed by atoms with Crippen LogP contribution in [-0.2, 0) is 15.9 Å². The van der Waals surface area contributed by atoms with E-state index in [0.29, 0.717) is 19.1 Å². The van der Waals surface area contributed by atoms with Crippen molar-refractivity contribution >= 4 is 0 Å². The molecule has 3 rings (SSSR count). The fourth-order valence-corrected chi connectivity index (χ4v) is 2.93. The van der Waals surface area contributed by atoms with Crippen LogP contribution in [0.2, 0.25) is 0 Å². The third-order valence-electron chi connectivity index (χ3n) is 4.03. The van der Waals surface area contributed by atoms with Crippen LogP contribution in [0.5, 0.6) is 0 Å². The predicted octanol–water partition coefficient (Wildman–Crippen LogP) is 1.27. The van der Waals surface area contributed by atoms with Crippen molar-refractivity contribution in [2.24, 2.45) is 0 Å². The van der Waals surface area contributed by atoms with E-state index in [-0.39, 0.29) is 18.1 Å². The lowest BCUT2D eigenvalue weighted by atomic mass is 10.0. The molecule has 0 aromatic carbocycles. The number of rotatable bonds is 5. The molecule has 1 aromatic rings. The summed E-state index contributed by atoms with van der Waals surface area (Å²) in [5.74, 6) is 1.62. The fraction of sp³-hybridized carbons (Fsp3) is 0.857. The molecular weight excluding hydrogens is 258 g/mol. The summed E-state index contributed by atoms with van der Waals surface area (Å²) in [5, 5.41) is 7.51. The number of nitrogens with one attached hydrogen (secondary N) is 1. The molecule has 3 unspecified atom stereocenters. The maximum absolute atomic E-state index is 5.72. The Kier molecular flexibility index (Phi) is 4.65. The molecule has 2 fully saturated rings. The number of likely N-dealkylation sites (N-methyl/N-ethyl adjacent to an activating group) is 1. The molecular formula is C14H23N3O3. The van der Waals surface area contributed by atoms with Crippen LogP contribution in [0, 0.1) is 0 Å². The van der Waals surface area contributed by atoms with Crippen molar-refractivity contribution < 1.29 is 14.0 Å². The zero-order chi connectivity index (χ0) is 13.8. The van der Waals surface area contributed by atoms with Gasteiger partial charge in [0.25, 0.3) is 0 Å². The molecule has 1 aromatic heterocycles. The Labute approximate surface area is 119 Å². The monoisotopic (exact) mass is 281 g/mol. The van der Waals surface area contributed by atoms with E-state index in [4.69, 9.17) is 14.0 Å². The van der Waals surface area contributed by atoms with Gasteiger partial charge in [-0.25, -0.2) is 0 Å². The van der Waals surface area contributed by atoms with Crippen LogP contribution in [0.1, 0.15) is 43.8 Å². The molecule has 3 heterocycles. The number of ether oxygens (including phenoxy) is 2. The van der Waals surface area contributed by atoms with Gasteiger partial charge < -0.3 is 19.3 Å². The van der Waals surface area contributed by atoms with E-state index in [1.807, 2.05) is 0 Å². The topological polar surface area (TPSA) is 69.4 Å². The van der Waals surface area contributed by atoms with Gasteiger partial charge in [0.15, 0.2) is 5.82 Å². The van der Waals surface area contributed by atoms with Crippen molar-refractivity contribution in [1.82, 2.24) is 15.5 Å². The zero-order valence-electron chi connectivity index (χ0n) is 12.0. The second-order valence-corrected chi connectivity index (χ2v) is 5.55. The summed E-state index contributed by atoms with van der Waals surface area (Å²) in [6.07, 6.45) is 4.49. The van der Waals surface area contributed by atoms with Gasteiger partial charge in [-0.05, 0) is 25.8 Å². The van der Waals surface area contributed by atoms with E-state index in [1.54, 1.807) is 0 Å². The Morgan fingerprint density at radius 2 is 2.25 bits per heavy atom. The van der Waals surface area contributed by atoms with Gasteiger partial charge in [-0.3, -0.25) is 0 Å². The first-order valence-corrected chi connectivity index (χ1v) is 7.62. The number of nitrogens with zero attached hydrogens (tertiary/aromatic N) is 2. The maximum Gasteiger partial charge on any atom is 0.233 e. The average molecular weight is 281 g/mol. The Morgan fingerprint density at radius 1 is 1.30 bits per heavy atom. The van der Waals surface area contributed by atoms with Crippen LogP contribution < -0.4 is 5.32 Å². The highest BCUT2D eigenvalue weighted by molar-refractivity contribution is 5.03. The van der Waals surface area contributed by atoms with Crippen molar-refractivity contribution in [2.75, 3.05) is 26.4 Å². The lowest BCUT2D eigenvalue weighted by Gasteiger charge is -2.20. The van der Waals surface area contributed by atoms with E-state index in [1.165, 1.54) is 6.42 Å². The van der Waals surface area contributed by atoms with Gasteiger partial charge in [0.05, 0.1) is 25.2 Å². The minimum Gasteiger partial charge on any atom is -0.379 e. The van der Waals surface area contributed by atoms with Gasteiger partial charge in [0, 0.05) is 19.1 Å². The minimum atomic E-state index is 0.170. The van der Waals surface area contributed by atoms with Crippen LogP contribution in [0.4, 0.5) is 0 Å². The van der Waals surface area contributed by atoms with Gasteiger partial charge in [0.2, 0.25) is 5.89 Å². The quantitative estimate of drug-likeness (QED) is 0.876. The molecule has 1 N–H and O–H groups in total. The van der Waals surface area contributed by atoms with E-state index >= 15 is 0 Å². The predicted molar refractivity (Wildman–Crippen MR) is 72.6 cm³/mol. The van der Waals surface area contributed by atoms with Crippen LogP contribution in [0.15, 0.2) is 4.52 Å². The van der Waals surface area contributed by atoms with E-state index in [9.17, 15) is 0 Å². The van der Waals surface area contributed by atoms with Crippen LogP contribution in [0.3, 0.4) is 0 Å². The first-order chi connectivity index (χ1) is 9.86. The smallest absolute Gasteiger partial charge is 0.233 e. The molecule has 0 saturated carbocycles. The van der Waals surface area contributed by atoms with Crippen molar-refractivity contribution in [2.45, 2.75) is 50.7 Å². The summed E-state index contributed by atoms with van der Waals surface area (Å²) < 4.78 is 16.7. The molecule has 2 aliphatic heterocycles. The summed E-state index contributed by atoms with van der Waals surface area (Å²) in [7, 11) is 0. The van der Waals surface area contributed by atoms with E-state index in [0.717, 1.165) is 38.2 Å². The number of hydrogen-bond donors (Lipinski definition) is 1. The third-order valence-corrected chi connectivity index (χ3v) is 4.03. The van der Waals surface area contributed by atoms with Crippen molar-refractivity contribution in [1.29, 1.82) is 0 Å². The summed E-state index contributed by atoms with van der Waals surface area (Å²) in [4.78, 5) is 4.54. The van der Waals surface area contributed by atoms with Crippen molar-refractivity contribution in [3.8, 4) is 0 Å². The molecule has 0 radical (unpaired) electrons. The fourth-order valence-electron chi connectivity index (χ4n) is 2.93. The largest absolute Gasteiger partial charge is 0.379 e. The lowest BCUT2D eigenvalue weighted by molar-refractivity contribution is 0.0153. The molecule has 6 nitrogen and oxygen atoms in total. The maximum atomic E-state index is 5.72. The minimum absolute atomic E-state index is 0.170. The number of aromatic nitrogens is 2. The number of hydrogen-bond acceptors (Lipinski definition) is 6. The summed E-state index contributed by atoms with van der Waals surface area (Å²) >= 11 is 0. The summed E-state index contributed by atoms with van der Waals surface area (Å²) in [6, 6.07) is 0.277. The van der Waals surface area contributed by atoms with Crippen LogP contribution in [-0.4, -0.2) is 48.7 Å². The Hall–Kier alpha value is -0.980. The van der Waals surface area contributed by atoms with Crippen LogP contribution in [0.25, 0.3) is 0 Å². The average Bonchev–Trinajstić information content (AvgIpc) is 3.09. The third kappa shape index (κ3) is 3.19. The molecule has 2 saturated heterocycles. The normalized spacial score (nSPS) is 30.8. The first kappa shape index (κ1) is 14.0. The van der Waals surface area contributed by atoms with Crippen molar-refractivity contribution in [3.63, 3.8) is 0 Å². The summed E-state index contributed by atoms with van der Waals surface area (Å²) in [6.45, 7) is 5.23. The summed E-state index contributed by atoms with van der Waals surface area (Å²) in [5.41, 5.74) is 0. The van der Waals surface area contributed by atoms with Gasteiger partial charge >= 0.3 is 0 Å². The Balaban J connectivity index is 1.60. The second kappa shape index (κ2) is 6.65. The SMILES string of the molecule is CCNC1COCC1c1nc(CC2CCCCO2)no1. The van der Waals surface area contributed by atoms with Gasteiger partial charge in [-0.1, -0.05) is 12.1 Å². The highest BCUT2D eigenvalue weighted by atomic mass is 16.5. The van der Waals surface area contributed by atoms with Gasteiger partial charge in [0.1, 0.15) is 0 Å². The lowest BCUT2D eigenvalue weighted by Crippen LogP contribution is -2.34. The van der Waals surface area contributed by atoms with Crippen molar-refractivity contribution in [3.05, 3.63) is 11.7 Å². The molecule has 20 heavy (non-hydrogen) atoms. The van der Waals surface area contributed by atoms with Crippen LogP contribution >= 0.6 is 0 Å². The molecule has 2 aliphatic rings. The molecule has 6 heteroatoms. The zero-order valence-corrected chi connectivity index (χ0v) is 12.0. The van der Waals surface area contributed by atoms with E-state index < -0.39 is 0 Å². The van der Waals surface area contributed by atoms with E-state index in [2.05, 4.69) is 22.4 Å². The standard InChI is InChI=1S/C14H23N3O3/c1-2-15-12-9-18-8-11(12)14-16-13(17-20-14)7-10-5-3-4-6-19-10/h10-12,15H,2-9H2,1H3.